The highest BCUT2D eigenvalue weighted by Gasteiger charge is 2.35. The Hall–Kier alpha value is -7.35. The molecule has 0 unspecified atom stereocenters. The molecule has 0 saturated heterocycles. The van der Waals surface area contributed by atoms with Gasteiger partial charge < -0.3 is 19.0 Å². The fourth-order valence-corrected chi connectivity index (χ4v) is 5.98. The molecule has 0 bridgehead atoms. The summed E-state index contributed by atoms with van der Waals surface area (Å²) in [7, 11) is 0. The molecule has 4 aromatic carbocycles. The molecule has 21 heteroatoms. The summed E-state index contributed by atoms with van der Waals surface area (Å²) >= 11 is 5.25. The normalized spacial score (nSPS) is 11.4. The monoisotopic (exact) mass is 902 g/mol. The lowest BCUT2D eigenvalue weighted by molar-refractivity contribution is -0.139. The number of phenolic OH excluding ortho intramolecular Hbond substituents is 1. The highest BCUT2D eigenvalue weighted by Crippen LogP contribution is 2.38. The Morgan fingerprint density at radius 1 is 0.603 bits per heavy atom. The zero-order valence-electron chi connectivity index (χ0n) is 31.5. The summed E-state index contributed by atoms with van der Waals surface area (Å²) in [5.41, 5.74) is -1.78. The maximum absolute atomic E-state index is 14.0. The number of hydrogen-bond donors (Lipinski definition) is 1. The van der Waals surface area contributed by atoms with Crippen molar-refractivity contribution in [1.82, 2.24) is 29.1 Å². The van der Waals surface area contributed by atoms with E-state index in [2.05, 4.69) is 19.9 Å². The largest absolute Gasteiger partial charge is 0.508 e. The van der Waals surface area contributed by atoms with Gasteiger partial charge in [0.25, 0.3) is 11.1 Å². The minimum absolute atomic E-state index is 0.0196. The number of benzene rings is 4. The van der Waals surface area contributed by atoms with Crippen molar-refractivity contribution >= 4 is 33.4 Å². The van der Waals surface area contributed by atoms with Crippen molar-refractivity contribution in [1.29, 1.82) is 0 Å². The lowest BCUT2D eigenvalue weighted by Gasteiger charge is -2.14. The molecule has 0 aliphatic carbocycles. The van der Waals surface area contributed by atoms with Gasteiger partial charge in [-0.1, -0.05) is 23.7 Å². The van der Waals surface area contributed by atoms with Crippen molar-refractivity contribution in [2.24, 2.45) is 0 Å². The van der Waals surface area contributed by atoms with Crippen LogP contribution in [0.25, 0.3) is 21.8 Å². The zero-order valence-corrected chi connectivity index (χ0v) is 32.2. The van der Waals surface area contributed by atoms with E-state index in [4.69, 9.17) is 16.3 Å². The molecule has 0 aliphatic heterocycles. The highest BCUT2D eigenvalue weighted by molar-refractivity contribution is 6.31. The number of fused-ring (bicyclic) bond motifs is 2. The lowest BCUT2D eigenvalue weighted by Crippen LogP contribution is -2.14. The molecule has 0 amide bonds. The van der Waals surface area contributed by atoms with E-state index < -0.39 is 63.6 Å². The molecule has 4 heterocycles. The number of pyridine rings is 2. The number of aromatic hydroxyl groups is 1. The predicted octanol–water partition coefficient (Wildman–Crippen LogP) is 10.1. The number of rotatable bonds is 6. The van der Waals surface area contributed by atoms with Crippen LogP contribution < -0.4 is 15.9 Å². The zero-order chi connectivity index (χ0) is 45.6. The van der Waals surface area contributed by atoms with Crippen molar-refractivity contribution in [3.05, 3.63) is 194 Å². The first-order valence-electron chi connectivity index (χ1n) is 17.7. The minimum atomic E-state index is -4.67. The number of ether oxygens (including phenoxy) is 1. The second-order valence-electron chi connectivity index (χ2n) is 13.0. The van der Waals surface area contributed by atoms with E-state index in [-0.39, 0.29) is 51.5 Å². The molecule has 63 heavy (non-hydrogen) atoms. The Morgan fingerprint density at radius 2 is 1.10 bits per heavy atom. The lowest BCUT2D eigenvalue weighted by atomic mass is 10.2. The molecule has 0 saturated carbocycles. The number of aromatic nitrogens is 6. The average Bonchev–Trinajstić information content (AvgIpc) is 3.22. The highest BCUT2D eigenvalue weighted by atomic mass is 35.5. The summed E-state index contributed by atoms with van der Waals surface area (Å²) in [6.07, 6.45) is -2.89. The first-order chi connectivity index (χ1) is 29.8. The molecule has 1 N–H and O–H groups in total. The Kier molecular flexibility index (Phi) is 13.4. The van der Waals surface area contributed by atoms with Gasteiger partial charge in [-0.2, -0.15) is 36.3 Å². The Balaban J connectivity index is 0.000000177. The molecule has 4 aromatic heterocycles. The van der Waals surface area contributed by atoms with Gasteiger partial charge in [-0.05, 0) is 60.7 Å². The summed E-state index contributed by atoms with van der Waals surface area (Å²) in [4.78, 5) is 38.1. The van der Waals surface area contributed by atoms with E-state index in [1.54, 1.807) is 10.6 Å². The van der Waals surface area contributed by atoms with Crippen LogP contribution in [0.2, 0.25) is 5.02 Å². The van der Waals surface area contributed by atoms with Gasteiger partial charge >= 0.3 is 12.4 Å². The van der Waals surface area contributed by atoms with Crippen LogP contribution in [0.15, 0.2) is 132 Å². The van der Waals surface area contributed by atoms with Crippen molar-refractivity contribution in [3.63, 3.8) is 0 Å². The van der Waals surface area contributed by atoms with Crippen molar-refractivity contribution in [2.75, 3.05) is 0 Å². The van der Waals surface area contributed by atoms with Crippen LogP contribution >= 0.6 is 11.6 Å². The molecule has 0 atom stereocenters. The van der Waals surface area contributed by atoms with Crippen LogP contribution in [0, 0.1) is 23.3 Å². The van der Waals surface area contributed by atoms with E-state index in [9.17, 15) is 58.6 Å². The van der Waals surface area contributed by atoms with Crippen LogP contribution in [-0.2, 0) is 25.4 Å². The number of hydrogen-bond acceptors (Lipinski definition) is 8. The predicted molar refractivity (Wildman–Crippen MR) is 208 cm³/mol. The van der Waals surface area contributed by atoms with Crippen LogP contribution in [0.4, 0.5) is 43.9 Å². The second-order valence-corrected chi connectivity index (χ2v) is 13.4. The smallest absolute Gasteiger partial charge is 0.421 e. The molecule has 0 aliphatic rings. The van der Waals surface area contributed by atoms with Crippen LogP contribution in [0.5, 0.6) is 17.2 Å². The van der Waals surface area contributed by atoms with Gasteiger partial charge in [-0.3, -0.25) is 19.6 Å². The van der Waals surface area contributed by atoms with Crippen molar-refractivity contribution < 1.29 is 53.7 Å². The number of nitrogens with zero attached hydrogens (tertiary/aromatic N) is 6. The van der Waals surface area contributed by atoms with E-state index in [1.165, 1.54) is 71.9 Å². The summed E-state index contributed by atoms with van der Waals surface area (Å²) in [5.74, 6) is -3.34. The van der Waals surface area contributed by atoms with Crippen LogP contribution in [0.1, 0.15) is 22.3 Å². The third-order valence-corrected chi connectivity index (χ3v) is 9.09. The van der Waals surface area contributed by atoms with E-state index in [0.717, 1.165) is 36.5 Å². The summed E-state index contributed by atoms with van der Waals surface area (Å²) in [5, 5.41) is 9.40. The molecular weight excluding hydrogens is 878 g/mol. The van der Waals surface area contributed by atoms with E-state index >= 15 is 0 Å². The Labute approximate surface area is 351 Å². The molecule has 0 radical (unpaired) electrons. The molecule has 10 nitrogen and oxygen atoms in total. The van der Waals surface area contributed by atoms with Crippen molar-refractivity contribution in [3.8, 4) is 17.2 Å². The number of alkyl halides is 6. The molecule has 324 valence electrons. The maximum Gasteiger partial charge on any atom is 0.421 e. The quantitative estimate of drug-likeness (QED) is 0.164. The first-order valence-corrected chi connectivity index (χ1v) is 18.1. The van der Waals surface area contributed by atoms with Crippen LogP contribution in [-0.4, -0.2) is 34.2 Å². The fraction of sp³-hybridized carbons (Fsp3) is 0.0952. The minimum Gasteiger partial charge on any atom is -0.508 e. The van der Waals surface area contributed by atoms with Crippen LogP contribution in [0.3, 0.4) is 0 Å². The van der Waals surface area contributed by atoms with Gasteiger partial charge in [0, 0.05) is 48.0 Å². The summed E-state index contributed by atoms with van der Waals surface area (Å²) in [6.45, 7) is 0.0549. The Bertz CT molecular complexity index is 3070. The molecular formula is C42H25ClF10N6O4. The first kappa shape index (κ1) is 45.2. The average molecular weight is 903 g/mol. The summed E-state index contributed by atoms with van der Waals surface area (Å²) < 4.78 is 137. The molecule has 8 aromatic rings. The molecule has 0 fully saturated rings. The summed E-state index contributed by atoms with van der Waals surface area (Å²) in [6, 6.07) is 17.0. The van der Waals surface area contributed by atoms with Gasteiger partial charge in [-0.15, -0.1) is 0 Å². The molecule has 8 rings (SSSR count). The van der Waals surface area contributed by atoms with Gasteiger partial charge in [0.15, 0.2) is 0 Å². The standard InChI is InChI=1S/C21H12F5N3O2.C15H10F2N2O2.C6H3ClF3N/c22-13-2-1-12(17(23)7-13)10-29-11-28-20(30)15-8-14(3-4-18(15)29)31-19-5-6-27-9-16(19)21(24,25)26;16-10-2-1-9(13(17)5-10)7-19-8-18-15(21)12-6-11(20)3-4-14(12)19;7-5-1-2-11-3-4(5)6(8,9)10/h1-9,11H,10H2;1-6,8,20H,7H2;1-3H. The van der Waals surface area contributed by atoms with Gasteiger partial charge in [0.05, 0.1) is 58.1 Å². The topological polar surface area (TPSA) is 125 Å². The Morgan fingerprint density at radius 3 is 1.59 bits per heavy atom. The van der Waals surface area contributed by atoms with Crippen molar-refractivity contribution in [2.45, 2.75) is 25.4 Å². The SMILES string of the molecule is FC(F)(F)c1cnccc1Cl.O=c1ncn(Cc2ccc(F)cc2F)c2ccc(O)cc12.O=c1ncn(Cc2ccc(F)cc2F)c2ccc(Oc3ccncc3C(F)(F)F)cc12. The number of halogens is 11. The van der Waals surface area contributed by atoms with Gasteiger partial charge in [0.1, 0.15) is 46.1 Å². The van der Waals surface area contributed by atoms with Gasteiger partial charge in [0.2, 0.25) is 0 Å². The van der Waals surface area contributed by atoms with E-state index in [1.807, 2.05) is 0 Å². The maximum atomic E-state index is 14.0. The second kappa shape index (κ2) is 18.7. The third kappa shape index (κ3) is 11.1. The fourth-order valence-electron chi connectivity index (χ4n) is 5.77. The van der Waals surface area contributed by atoms with E-state index in [0.29, 0.717) is 23.4 Å². The van der Waals surface area contributed by atoms with Gasteiger partial charge in [-0.25, -0.2) is 17.6 Å². The third-order valence-electron chi connectivity index (χ3n) is 8.76. The number of phenols is 1. The molecule has 0 spiro atoms.